The van der Waals surface area contributed by atoms with Crippen molar-refractivity contribution in [1.82, 2.24) is 0 Å². The van der Waals surface area contributed by atoms with Gasteiger partial charge in [-0.3, -0.25) is 4.79 Å². The van der Waals surface area contributed by atoms with E-state index >= 15 is 0 Å². The zero-order valence-electron chi connectivity index (χ0n) is 20.8. The van der Waals surface area contributed by atoms with Gasteiger partial charge >= 0.3 is 0 Å². The van der Waals surface area contributed by atoms with E-state index in [9.17, 15) is 10.0 Å². The Labute approximate surface area is 208 Å². The summed E-state index contributed by atoms with van der Waals surface area (Å²) < 4.78 is 12.8. The van der Waals surface area contributed by atoms with Crippen LogP contribution in [0, 0.1) is 11.1 Å². The third kappa shape index (κ3) is 3.75. The van der Waals surface area contributed by atoms with Gasteiger partial charge in [-0.1, -0.05) is 42.5 Å². The van der Waals surface area contributed by atoms with E-state index < -0.39 is 11.0 Å². The largest absolute Gasteiger partial charge is 0.632 e. The Morgan fingerprint density at radius 1 is 1.09 bits per heavy atom. The Bertz CT molecular complexity index is 1100. The van der Waals surface area contributed by atoms with Crippen molar-refractivity contribution in [3.05, 3.63) is 70.4 Å². The number of piperidine rings is 1. The molecule has 0 radical (unpaired) electrons. The van der Waals surface area contributed by atoms with Gasteiger partial charge in [0, 0.05) is 49.2 Å². The van der Waals surface area contributed by atoms with Crippen LogP contribution < -0.4 is 4.74 Å². The van der Waals surface area contributed by atoms with Gasteiger partial charge in [-0.2, -0.15) is 0 Å². The van der Waals surface area contributed by atoms with E-state index in [0.29, 0.717) is 63.5 Å². The van der Waals surface area contributed by atoms with E-state index in [1.807, 2.05) is 18.2 Å². The minimum absolute atomic E-state index is 0.157. The molecule has 2 aromatic carbocycles. The maximum atomic E-state index is 14.6. The van der Waals surface area contributed by atoms with Gasteiger partial charge in [-0.05, 0) is 49.3 Å². The number of quaternary nitrogens is 1. The molecule has 1 aliphatic heterocycles. The number of aryl methyl sites for hydroxylation is 1. The predicted molar refractivity (Wildman–Crippen MR) is 135 cm³/mol. The number of hydroxylamine groups is 3. The third-order valence-corrected chi connectivity index (χ3v) is 9.41. The van der Waals surface area contributed by atoms with E-state index in [4.69, 9.17) is 9.47 Å². The molecule has 0 spiro atoms. The minimum Gasteiger partial charge on any atom is -0.632 e. The maximum Gasteiger partial charge on any atom is 0.134 e. The van der Waals surface area contributed by atoms with Crippen molar-refractivity contribution in [2.75, 3.05) is 26.8 Å². The number of Topliss-reactive ketones (excluding diaryl/α,β-unsaturated/α-hetero) is 1. The number of fused-ring (bicyclic) bond motifs is 1. The lowest BCUT2D eigenvalue weighted by molar-refractivity contribution is -0.924. The molecule has 1 heterocycles. The van der Waals surface area contributed by atoms with Crippen molar-refractivity contribution < 1.29 is 18.9 Å². The second kappa shape index (κ2) is 8.72. The molecule has 2 bridgehead atoms. The molecule has 0 aromatic heterocycles. The molecule has 5 nitrogen and oxygen atoms in total. The SMILES string of the molecule is COc1cccc2c1[C@]13CC[N+]([O-])(CC4CC4)C(C2)[C@]1(OCCCc1ccccc1)CCC(=O)C3. The van der Waals surface area contributed by atoms with Gasteiger partial charge in [-0.15, -0.1) is 0 Å². The first kappa shape index (κ1) is 23.2. The van der Waals surface area contributed by atoms with Crippen molar-refractivity contribution in [2.45, 2.75) is 74.8 Å². The number of likely N-dealkylation sites (tertiary alicyclic amines) is 1. The summed E-state index contributed by atoms with van der Waals surface area (Å²) in [6.07, 6.45) is 7.21. The fourth-order valence-corrected chi connectivity index (χ4v) is 7.70. The number of methoxy groups -OCH3 is 1. The molecule has 5 heteroatoms. The highest BCUT2D eigenvalue weighted by Crippen LogP contribution is 2.62. The van der Waals surface area contributed by atoms with Crippen LogP contribution in [0.2, 0.25) is 0 Å². The lowest BCUT2D eigenvalue weighted by Crippen LogP contribution is -2.78. The number of benzene rings is 2. The van der Waals surface area contributed by atoms with E-state index in [2.05, 4.69) is 30.3 Å². The summed E-state index contributed by atoms with van der Waals surface area (Å²) in [4.78, 5) is 13.0. The van der Waals surface area contributed by atoms with Crippen LogP contribution in [0.1, 0.15) is 61.6 Å². The van der Waals surface area contributed by atoms with E-state index in [1.54, 1.807) is 7.11 Å². The lowest BCUT2D eigenvalue weighted by atomic mass is 9.49. The number of hydrogen-bond acceptors (Lipinski definition) is 4. The van der Waals surface area contributed by atoms with Crippen LogP contribution in [0.5, 0.6) is 5.75 Å². The van der Waals surface area contributed by atoms with Crippen LogP contribution in [0.25, 0.3) is 0 Å². The molecule has 3 fully saturated rings. The van der Waals surface area contributed by atoms with Crippen LogP contribution in [0.15, 0.2) is 48.5 Å². The monoisotopic (exact) mass is 475 g/mol. The molecule has 4 atom stereocenters. The van der Waals surface area contributed by atoms with Gasteiger partial charge in [0.2, 0.25) is 0 Å². The van der Waals surface area contributed by atoms with Gasteiger partial charge < -0.3 is 19.3 Å². The Kier molecular flexibility index (Phi) is 5.78. The molecule has 35 heavy (non-hydrogen) atoms. The highest BCUT2D eigenvalue weighted by atomic mass is 16.6. The normalized spacial score (nSPS) is 33.7. The molecule has 2 saturated carbocycles. The quantitative estimate of drug-likeness (QED) is 0.302. The van der Waals surface area contributed by atoms with Crippen molar-refractivity contribution in [3.63, 3.8) is 0 Å². The van der Waals surface area contributed by atoms with E-state index in [0.717, 1.165) is 24.2 Å². The van der Waals surface area contributed by atoms with Gasteiger partial charge in [0.1, 0.15) is 23.2 Å². The molecule has 4 aliphatic rings. The molecule has 186 valence electrons. The smallest absolute Gasteiger partial charge is 0.134 e. The average molecular weight is 476 g/mol. The number of carbonyl (C=O) groups is 1. The zero-order chi connectivity index (χ0) is 24.1. The summed E-state index contributed by atoms with van der Waals surface area (Å²) in [6, 6.07) is 16.5. The summed E-state index contributed by atoms with van der Waals surface area (Å²) in [7, 11) is 1.72. The molecule has 1 saturated heterocycles. The van der Waals surface area contributed by atoms with Gasteiger partial charge in [0.05, 0.1) is 20.2 Å². The summed E-state index contributed by atoms with van der Waals surface area (Å²) in [5, 5.41) is 14.6. The molecular weight excluding hydrogens is 438 g/mol. The average Bonchev–Trinajstić information content (AvgIpc) is 3.68. The molecule has 0 N–H and O–H groups in total. The van der Waals surface area contributed by atoms with Crippen molar-refractivity contribution in [1.29, 1.82) is 0 Å². The molecular formula is C30H37NO4. The number of carbonyl (C=O) groups excluding carboxylic acids is 1. The maximum absolute atomic E-state index is 14.6. The van der Waals surface area contributed by atoms with E-state index in [1.165, 1.54) is 24.0 Å². The highest BCUT2D eigenvalue weighted by molar-refractivity contribution is 5.83. The summed E-state index contributed by atoms with van der Waals surface area (Å²) in [6.45, 7) is 1.87. The third-order valence-electron chi connectivity index (χ3n) is 9.41. The summed E-state index contributed by atoms with van der Waals surface area (Å²) in [5.41, 5.74) is 2.54. The first-order valence-electron chi connectivity index (χ1n) is 13.4. The number of ketones is 1. The van der Waals surface area contributed by atoms with Crippen molar-refractivity contribution in [2.24, 2.45) is 5.92 Å². The summed E-state index contributed by atoms with van der Waals surface area (Å²) in [5.74, 6) is 1.69. The molecule has 6 rings (SSSR count). The molecule has 3 aliphatic carbocycles. The molecule has 0 amide bonds. The number of hydrogen-bond donors (Lipinski definition) is 0. The molecule has 2 unspecified atom stereocenters. The minimum atomic E-state index is -0.617. The first-order valence-corrected chi connectivity index (χ1v) is 13.4. The Hall–Kier alpha value is -2.21. The Morgan fingerprint density at radius 2 is 1.91 bits per heavy atom. The van der Waals surface area contributed by atoms with Crippen LogP contribution in [0.3, 0.4) is 0 Å². The van der Waals surface area contributed by atoms with Gasteiger partial charge in [0.15, 0.2) is 0 Å². The van der Waals surface area contributed by atoms with Gasteiger partial charge in [0.25, 0.3) is 0 Å². The summed E-state index contributed by atoms with van der Waals surface area (Å²) >= 11 is 0. The fourth-order valence-electron chi connectivity index (χ4n) is 7.70. The number of ether oxygens (including phenoxy) is 2. The number of nitrogens with zero attached hydrogens (tertiary/aromatic N) is 1. The fraction of sp³-hybridized carbons (Fsp3) is 0.567. The molecule has 2 aromatic rings. The van der Waals surface area contributed by atoms with Crippen molar-refractivity contribution in [3.8, 4) is 5.75 Å². The van der Waals surface area contributed by atoms with Crippen LogP contribution in [-0.2, 0) is 27.8 Å². The lowest BCUT2D eigenvalue weighted by Gasteiger charge is -2.69. The topological polar surface area (TPSA) is 58.6 Å². The second-order valence-electron chi connectivity index (χ2n) is 11.4. The second-order valence-corrected chi connectivity index (χ2v) is 11.4. The van der Waals surface area contributed by atoms with E-state index in [-0.39, 0.29) is 10.7 Å². The number of rotatable bonds is 8. The standard InChI is InChI=1S/C30H37NO4/c1-34-26-11-5-10-24-19-27-30(35-18-6-9-22-7-3-2-4-8-22)15-14-25(32)20-29(30,28(24)26)16-17-31(27,33)21-23-12-13-23/h2-5,7-8,10-11,23,27H,6,9,12-21H2,1H3/t27?,29-,30-,31?/m1/s1. The zero-order valence-corrected chi connectivity index (χ0v) is 20.8. The predicted octanol–water partition coefficient (Wildman–Crippen LogP) is 5.13. The van der Waals surface area contributed by atoms with Crippen LogP contribution >= 0.6 is 0 Å². The Morgan fingerprint density at radius 3 is 2.69 bits per heavy atom. The Balaban J connectivity index is 1.40. The first-order chi connectivity index (χ1) is 17.0. The van der Waals surface area contributed by atoms with Crippen LogP contribution in [0.4, 0.5) is 0 Å². The van der Waals surface area contributed by atoms with Crippen molar-refractivity contribution >= 4 is 5.78 Å². The van der Waals surface area contributed by atoms with Gasteiger partial charge in [-0.25, -0.2) is 0 Å². The van der Waals surface area contributed by atoms with Crippen LogP contribution in [-0.4, -0.2) is 48.9 Å². The highest BCUT2D eigenvalue weighted by Gasteiger charge is 2.70.